The minimum atomic E-state index is -4.58. The van der Waals surface area contributed by atoms with Crippen LogP contribution in [0.15, 0.2) is 24.3 Å². The molecular weight excluding hydrogens is 539 g/mol. The molecular formula is C29H38F3N5O4. The Bertz CT molecular complexity index is 1170. The number of likely N-dealkylation sites (tertiary alicyclic amines) is 1. The molecule has 0 aliphatic carbocycles. The van der Waals surface area contributed by atoms with Crippen molar-refractivity contribution >= 4 is 23.6 Å². The van der Waals surface area contributed by atoms with Crippen molar-refractivity contribution < 1.29 is 32.3 Å². The number of carbonyl (C=O) groups is 4. The summed E-state index contributed by atoms with van der Waals surface area (Å²) in [5.41, 5.74) is 0.908. The van der Waals surface area contributed by atoms with Crippen molar-refractivity contribution in [3.63, 3.8) is 0 Å². The monoisotopic (exact) mass is 577 g/mol. The van der Waals surface area contributed by atoms with Gasteiger partial charge in [-0.2, -0.15) is 18.4 Å². The van der Waals surface area contributed by atoms with Crippen LogP contribution in [0.4, 0.5) is 13.2 Å². The smallest absolute Gasteiger partial charge is 0.356 e. The second-order valence-electron chi connectivity index (χ2n) is 12.1. The first kappa shape index (κ1) is 31.9. The van der Waals surface area contributed by atoms with Gasteiger partial charge in [-0.05, 0) is 37.2 Å². The first-order chi connectivity index (χ1) is 19.1. The van der Waals surface area contributed by atoms with Crippen LogP contribution in [0.25, 0.3) is 0 Å². The Kier molecular flexibility index (Phi) is 10.0. The average Bonchev–Trinajstić information content (AvgIpc) is 3.48. The molecule has 0 unspecified atom stereocenters. The van der Waals surface area contributed by atoms with Gasteiger partial charge >= 0.3 is 6.18 Å². The molecule has 1 aromatic rings. The number of nitrogens with one attached hydrogen (secondary N) is 3. The summed E-state index contributed by atoms with van der Waals surface area (Å²) >= 11 is 0. The van der Waals surface area contributed by atoms with Crippen molar-refractivity contribution in [3.05, 3.63) is 35.4 Å². The predicted molar refractivity (Wildman–Crippen MR) is 144 cm³/mol. The summed E-state index contributed by atoms with van der Waals surface area (Å²) in [5.74, 6) is -4.30. The molecule has 2 fully saturated rings. The van der Waals surface area contributed by atoms with Crippen molar-refractivity contribution in [3.8, 4) is 6.07 Å². The van der Waals surface area contributed by atoms with E-state index in [4.69, 9.17) is 0 Å². The Morgan fingerprint density at radius 3 is 2.32 bits per heavy atom. The predicted octanol–water partition coefficient (Wildman–Crippen LogP) is 2.77. The number of benzene rings is 1. The fourth-order valence-corrected chi connectivity index (χ4v) is 5.30. The number of alkyl halides is 3. The molecule has 0 saturated carbocycles. The van der Waals surface area contributed by atoms with Gasteiger partial charge in [0.2, 0.25) is 23.6 Å². The van der Waals surface area contributed by atoms with Gasteiger partial charge in [-0.1, -0.05) is 50.6 Å². The zero-order chi connectivity index (χ0) is 30.5. The van der Waals surface area contributed by atoms with E-state index >= 15 is 0 Å². The van der Waals surface area contributed by atoms with Gasteiger partial charge in [-0.3, -0.25) is 19.2 Å². The maximum atomic E-state index is 13.8. The van der Waals surface area contributed by atoms with Crippen molar-refractivity contribution in [1.82, 2.24) is 20.9 Å². The molecule has 3 N–H and O–H groups in total. The van der Waals surface area contributed by atoms with Crippen molar-refractivity contribution in [2.24, 2.45) is 17.3 Å². The Morgan fingerprint density at radius 2 is 1.78 bits per heavy atom. The summed E-state index contributed by atoms with van der Waals surface area (Å²) in [6.45, 7) is 6.87. The average molecular weight is 578 g/mol. The molecule has 3 rings (SSSR count). The number of aryl methyl sites for hydroxylation is 1. The zero-order valence-electron chi connectivity index (χ0n) is 23.8. The minimum Gasteiger partial charge on any atom is -0.356 e. The summed E-state index contributed by atoms with van der Waals surface area (Å²) in [4.78, 5) is 52.4. The van der Waals surface area contributed by atoms with Crippen LogP contribution in [-0.2, 0) is 25.6 Å². The maximum Gasteiger partial charge on any atom is 0.393 e. The van der Waals surface area contributed by atoms with Gasteiger partial charge < -0.3 is 20.9 Å². The fourth-order valence-electron chi connectivity index (χ4n) is 5.30. The van der Waals surface area contributed by atoms with E-state index < -0.39 is 78.7 Å². The number of carbonyl (C=O) groups excluding carboxylic acids is 4. The highest BCUT2D eigenvalue weighted by molar-refractivity contribution is 5.90. The Morgan fingerprint density at radius 1 is 1.12 bits per heavy atom. The maximum absolute atomic E-state index is 13.8. The molecule has 0 radical (unpaired) electrons. The third kappa shape index (κ3) is 8.68. The molecule has 2 heterocycles. The van der Waals surface area contributed by atoms with Crippen LogP contribution in [0, 0.1) is 35.5 Å². The van der Waals surface area contributed by atoms with Crippen molar-refractivity contribution in [2.75, 3.05) is 13.1 Å². The van der Waals surface area contributed by atoms with Gasteiger partial charge in [0.1, 0.15) is 12.1 Å². The second-order valence-corrected chi connectivity index (χ2v) is 12.1. The van der Waals surface area contributed by atoms with E-state index in [0.29, 0.717) is 13.0 Å². The van der Waals surface area contributed by atoms with Crippen LogP contribution in [0.3, 0.4) is 0 Å². The lowest BCUT2D eigenvalue weighted by Gasteiger charge is -2.36. The van der Waals surface area contributed by atoms with E-state index in [-0.39, 0.29) is 18.7 Å². The Hall–Kier alpha value is -3.62. The molecule has 9 nitrogen and oxygen atoms in total. The van der Waals surface area contributed by atoms with E-state index in [1.807, 2.05) is 25.1 Å². The van der Waals surface area contributed by atoms with Gasteiger partial charge in [0.25, 0.3) is 0 Å². The number of hydrogen-bond donors (Lipinski definition) is 3. The van der Waals surface area contributed by atoms with Gasteiger partial charge in [0.05, 0.1) is 18.4 Å². The van der Waals surface area contributed by atoms with Crippen LogP contribution >= 0.6 is 0 Å². The normalized spacial score (nSPS) is 22.4. The summed E-state index contributed by atoms with van der Waals surface area (Å²) in [6, 6.07) is 6.01. The molecule has 12 heteroatoms. The SMILES string of the molecule is Cc1ccc(CC(=O)N[C@H](C(=O)N2C[C@H](C(F)(F)F)C[C@H]2CC(=O)N[C@H](C#N)C[C@@H]2CCNC2=O)C(C)(C)C)cc1. The summed E-state index contributed by atoms with van der Waals surface area (Å²) in [5, 5.41) is 17.4. The minimum absolute atomic E-state index is 0.00822. The highest BCUT2D eigenvalue weighted by atomic mass is 19.4. The standard InChI is InChI=1S/C29H38F3N5O4/c1-17-5-7-18(8-6-17)11-23(38)36-25(28(2,3)4)27(41)37-16-20(29(30,31)32)13-22(37)14-24(39)35-21(15-33)12-19-9-10-34-26(19)40/h5-8,19-22,25H,9-14,16H2,1-4H3,(H,34,40)(H,35,39)(H,36,38)/t19-,20+,21-,22-,25+/m0/s1. The summed E-state index contributed by atoms with van der Waals surface area (Å²) < 4.78 is 41.3. The topological polar surface area (TPSA) is 131 Å². The molecule has 5 atom stereocenters. The van der Waals surface area contributed by atoms with Gasteiger partial charge in [-0.25, -0.2) is 0 Å². The highest BCUT2D eigenvalue weighted by Gasteiger charge is 2.51. The number of rotatable bonds is 9. The lowest BCUT2D eigenvalue weighted by Crippen LogP contribution is -2.56. The van der Waals surface area contributed by atoms with E-state index in [1.54, 1.807) is 32.9 Å². The van der Waals surface area contributed by atoms with E-state index in [9.17, 15) is 37.6 Å². The van der Waals surface area contributed by atoms with Crippen molar-refractivity contribution in [1.29, 1.82) is 5.26 Å². The fraction of sp³-hybridized carbons (Fsp3) is 0.621. The number of nitriles is 1. The lowest BCUT2D eigenvalue weighted by molar-refractivity contribution is -0.171. The largest absolute Gasteiger partial charge is 0.393 e. The lowest BCUT2D eigenvalue weighted by atomic mass is 9.85. The van der Waals surface area contributed by atoms with Crippen LogP contribution in [0.2, 0.25) is 0 Å². The number of halogens is 3. The molecule has 0 aromatic heterocycles. The third-order valence-electron chi connectivity index (χ3n) is 7.66. The molecule has 4 amide bonds. The summed E-state index contributed by atoms with van der Waals surface area (Å²) in [7, 11) is 0. The molecule has 2 aliphatic rings. The highest BCUT2D eigenvalue weighted by Crippen LogP contribution is 2.38. The molecule has 2 aliphatic heterocycles. The number of hydrogen-bond acceptors (Lipinski definition) is 5. The Labute approximate surface area is 238 Å². The molecule has 0 spiro atoms. The van der Waals surface area contributed by atoms with E-state index in [2.05, 4.69) is 16.0 Å². The number of nitrogens with zero attached hydrogens (tertiary/aromatic N) is 2. The molecule has 0 bridgehead atoms. The van der Waals surface area contributed by atoms with Crippen LogP contribution < -0.4 is 16.0 Å². The summed E-state index contributed by atoms with van der Waals surface area (Å²) in [6.07, 6.45) is -4.90. The zero-order valence-corrected chi connectivity index (χ0v) is 23.8. The van der Waals surface area contributed by atoms with E-state index in [0.717, 1.165) is 16.0 Å². The van der Waals surface area contributed by atoms with E-state index in [1.165, 1.54) is 0 Å². The van der Waals surface area contributed by atoms with Crippen LogP contribution in [0.5, 0.6) is 0 Å². The molecule has 1 aromatic carbocycles. The Balaban J connectivity index is 1.74. The van der Waals surface area contributed by atoms with Crippen LogP contribution in [-0.4, -0.2) is 65.9 Å². The molecule has 2 saturated heterocycles. The number of amides is 4. The molecule has 224 valence electrons. The third-order valence-corrected chi connectivity index (χ3v) is 7.66. The van der Waals surface area contributed by atoms with Crippen molar-refractivity contribution in [2.45, 2.75) is 84.1 Å². The quantitative estimate of drug-likeness (QED) is 0.416. The first-order valence-corrected chi connectivity index (χ1v) is 13.8. The second kappa shape index (κ2) is 12.9. The van der Waals surface area contributed by atoms with Gasteiger partial charge in [-0.15, -0.1) is 0 Å². The van der Waals surface area contributed by atoms with Gasteiger partial charge in [0, 0.05) is 31.5 Å². The molecule has 41 heavy (non-hydrogen) atoms. The van der Waals surface area contributed by atoms with Gasteiger partial charge in [0.15, 0.2) is 0 Å². The first-order valence-electron chi connectivity index (χ1n) is 13.8. The van der Waals surface area contributed by atoms with Crippen LogP contribution in [0.1, 0.15) is 57.6 Å².